The van der Waals surface area contributed by atoms with Gasteiger partial charge in [-0.2, -0.15) is 0 Å². The summed E-state index contributed by atoms with van der Waals surface area (Å²) in [5.74, 6) is -0.0534. The molecule has 8 heteroatoms. The van der Waals surface area contributed by atoms with Crippen LogP contribution in [0.25, 0.3) is 0 Å². The summed E-state index contributed by atoms with van der Waals surface area (Å²) in [5.41, 5.74) is 1.53. The van der Waals surface area contributed by atoms with E-state index in [0.29, 0.717) is 38.5 Å². The summed E-state index contributed by atoms with van der Waals surface area (Å²) < 4.78 is 10.8. The average Bonchev–Trinajstić information content (AvgIpc) is 2.74. The van der Waals surface area contributed by atoms with Gasteiger partial charge in [0, 0.05) is 33.3 Å². The molecule has 0 unspecified atom stereocenters. The molecule has 154 valence electrons. The van der Waals surface area contributed by atoms with Crippen LogP contribution in [0.5, 0.6) is 11.5 Å². The molecule has 0 fully saturated rings. The maximum atomic E-state index is 12.6. The van der Waals surface area contributed by atoms with Gasteiger partial charge in [-0.15, -0.1) is 0 Å². The lowest BCUT2D eigenvalue weighted by atomic mass is 10.1. The molecular weight excluding hydrogens is 427 g/mol. The molecule has 0 saturated carbocycles. The predicted octanol–water partition coefficient (Wildman–Crippen LogP) is 5.52. The molecule has 3 aromatic carbocycles. The molecule has 3 aromatic rings. The number of hydrogen-bond acceptors (Lipinski definition) is 4. The minimum Gasteiger partial charge on any atom is -0.494 e. The standard InChI is InChI=1S/C22H18Cl2N2O4/c1-29-19-12-18(26-22(28)14-8-15(23)10-16(24)9-14)20(30-2)11-17(19)25-21(27)13-6-4-3-5-7-13/h3-12H,1-2H3,(H,25,27)(H,26,28). The summed E-state index contributed by atoms with van der Waals surface area (Å²) in [6, 6.07) is 16.4. The fourth-order valence-electron chi connectivity index (χ4n) is 2.76. The maximum Gasteiger partial charge on any atom is 0.255 e. The van der Waals surface area contributed by atoms with Crippen molar-refractivity contribution in [2.24, 2.45) is 0 Å². The van der Waals surface area contributed by atoms with Gasteiger partial charge < -0.3 is 20.1 Å². The van der Waals surface area contributed by atoms with Crippen molar-refractivity contribution in [2.75, 3.05) is 24.9 Å². The van der Waals surface area contributed by atoms with Crippen LogP contribution in [-0.4, -0.2) is 26.0 Å². The van der Waals surface area contributed by atoms with Crippen molar-refractivity contribution in [3.63, 3.8) is 0 Å². The first-order valence-corrected chi connectivity index (χ1v) is 9.56. The Morgan fingerprint density at radius 3 is 1.63 bits per heavy atom. The Labute approximate surface area is 183 Å². The molecule has 3 rings (SSSR count). The van der Waals surface area contributed by atoms with Gasteiger partial charge in [-0.3, -0.25) is 9.59 Å². The molecule has 0 aliphatic carbocycles. The Balaban J connectivity index is 1.89. The molecule has 0 atom stereocenters. The third-order valence-corrected chi connectivity index (χ3v) is 4.62. The third kappa shape index (κ3) is 5.03. The van der Waals surface area contributed by atoms with Crippen LogP contribution < -0.4 is 20.1 Å². The number of hydrogen-bond donors (Lipinski definition) is 2. The zero-order valence-corrected chi connectivity index (χ0v) is 17.7. The highest BCUT2D eigenvalue weighted by atomic mass is 35.5. The average molecular weight is 445 g/mol. The van der Waals surface area contributed by atoms with Crippen LogP contribution >= 0.6 is 23.2 Å². The van der Waals surface area contributed by atoms with E-state index < -0.39 is 5.91 Å². The fourth-order valence-corrected chi connectivity index (χ4v) is 3.28. The number of carbonyl (C=O) groups is 2. The van der Waals surface area contributed by atoms with Crippen molar-refractivity contribution >= 4 is 46.4 Å². The van der Waals surface area contributed by atoms with Gasteiger partial charge in [0.2, 0.25) is 0 Å². The molecule has 2 amide bonds. The van der Waals surface area contributed by atoms with E-state index in [4.69, 9.17) is 32.7 Å². The number of anilines is 2. The molecule has 0 heterocycles. The molecule has 0 saturated heterocycles. The lowest BCUT2D eigenvalue weighted by Crippen LogP contribution is -2.15. The molecule has 0 aromatic heterocycles. The lowest BCUT2D eigenvalue weighted by Gasteiger charge is -2.16. The van der Waals surface area contributed by atoms with E-state index in [9.17, 15) is 9.59 Å². The van der Waals surface area contributed by atoms with Gasteiger partial charge in [0.05, 0.1) is 25.6 Å². The van der Waals surface area contributed by atoms with Crippen LogP contribution in [0.3, 0.4) is 0 Å². The second kappa shape index (κ2) is 9.52. The Kier molecular flexibility index (Phi) is 6.82. The Morgan fingerprint density at radius 1 is 0.700 bits per heavy atom. The van der Waals surface area contributed by atoms with Gasteiger partial charge >= 0.3 is 0 Å². The second-order valence-electron chi connectivity index (χ2n) is 6.19. The molecule has 2 N–H and O–H groups in total. The predicted molar refractivity (Wildman–Crippen MR) is 118 cm³/mol. The number of halogens is 2. The number of nitrogens with one attached hydrogen (secondary N) is 2. The van der Waals surface area contributed by atoms with E-state index in [1.807, 2.05) is 6.07 Å². The smallest absolute Gasteiger partial charge is 0.255 e. The van der Waals surface area contributed by atoms with E-state index in [0.717, 1.165) is 0 Å². The highest BCUT2D eigenvalue weighted by molar-refractivity contribution is 6.35. The van der Waals surface area contributed by atoms with Crippen LogP contribution in [0.15, 0.2) is 60.7 Å². The first kappa shape index (κ1) is 21.5. The van der Waals surface area contributed by atoms with Crippen molar-refractivity contribution in [2.45, 2.75) is 0 Å². The van der Waals surface area contributed by atoms with E-state index in [-0.39, 0.29) is 11.5 Å². The molecule has 0 aliphatic heterocycles. The molecular formula is C22H18Cl2N2O4. The van der Waals surface area contributed by atoms with E-state index in [2.05, 4.69) is 10.6 Å². The molecule has 30 heavy (non-hydrogen) atoms. The van der Waals surface area contributed by atoms with Gasteiger partial charge in [0.25, 0.3) is 11.8 Å². The number of methoxy groups -OCH3 is 2. The van der Waals surface area contributed by atoms with Crippen LogP contribution in [0, 0.1) is 0 Å². The number of ether oxygens (including phenoxy) is 2. The Hall–Kier alpha value is -3.22. The summed E-state index contributed by atoms with van der Waals surface area (Å²) in [5, 5.41) is 6.22. The van der Waals surface area contributed by atoms with Crippen molar-refractivity contribution in [3.05, 3.63) is 81.8 Å². The van der Waals surface area contributed by atoms with Crippen LogP contribution in [0.1, 0.15) is 20.7 Å². The summed E-state index contributed by atoms with van der Waals surface area (Å²) in [4.78, 5) is 25.1. The van der Waals surface area contributed by atoms with Crippen molar-refractivity contribution in [3.8, 4) is 11.5 Å². The largest absolute Gasteiger partial charge is 0.494 e. The topological polar surface area (TPSA) is 76.7 Å². The number of benzene rings is 3. The lowest BCUT2D eigenvalue weighted by molar-refractivity contribution is 0.101. The van der Waals surface area contributed by atoms with Crippen LogP contribution in [-0.2, 0) is 0 Å². The minimum atomic E-state index is -0.430. The van der Waals surface area contributed by atoms with Gasteiger partial charge in [-0.05, 0) is 30.3 Å². The normalized spacial score (nSPS) is 10.3. The van der Waals surface area contributed by atoms with Crippen molar-refractivity contribution in [1.82, 2.24) is 0 Å². The van der Waals surface area contributed by atoms with E-state index in [1.54, 1.807) is 36.4 Å². The highest BCUT2D eigenvalue weighted by Crippen LogP contribution is 2.37. The van der Waals surface area contributed by atoms with E-state index >= 15 is 0 Å². The quantitative estimate of drug-likeness (QED) is 0.524. The zero-order chi connectivity index (χ0) is 21.7. The van der Waals surface area contributed by atoms with Crippen molar-refractivity contribution in [1.29, 1.82) is 0 Å². The Bertz CT molecular complexity index is 1070. The molecule has 0 bridgehead atoms. The zero-order valence-electron chi connectivity index (χ0n) is 16.2. The third-order valence-electron chi connectivity index (χ3n) is 4.18. The number of amides is 2. The molecule has 6 nitrogen and oxygen atoms in total. The number of carbonyl (C=O) groups excluding carboxylic acids is 2. The highest BCUT2D eigenvalue weighted by Gasteiger charge is 2.17. The fraction of sp³-hybridized carbons (Fsp3) is 0.0909. The Morgan fingerprint density at radius 2 is 1.17 bits per heavy atom. The number of rotatable bonds is 6. The summed E-state index contributed by atoms with van der Waals surface area (Å²) in [6.07, 6.45) is 0. The van der Waals surface area contributed by atoms with Crippen LogP contribution in [0.2, 0.25) is 10.0 Å². The van der Waals surface area contributed by atoms with E-state index in [1.165, 1.54) is 32.4 Å². The molecule has 0 spiro atoms. The first-order valence-electron chi connectivity index (χ1n) is 8.81. The van der Waals surface area contributed by atoms with Gasteiger partial charge in [-0.1, -0.05) is 41.4 Å². The maximum absolute atomic E-state index is 12.6. The summed E-state index contributed by atoms with van der Waals surface area (Å²) in [7, 11) is 2.92. The first-order chi connectivity index (χ1) is 14.4. The molecule has 0 aliphatic rings. The summed E-state index contributed by atoms with van der Waals surface area (Å²) in [6.45, 7) is 0. The monoisotopic (exact) mass is 444 g/mol. The summed E-state index contributed by atoms with van der Waals surface area (Å²) >= 11 is 11.9. The molecule has 0 radical (unpaired) electrons. The minimum absolute atomic E-state index is 0.287. The second-order valence-corrected chi connectivity index (χ2v) is 7.06. The van der Waals surface area contributed by atoms with Crippen LogP contribution in [0.4, 0.5) is 11.4 Å². The van der Waals surface area contributed by atoms with Gasteiger partial charge in [0.1, 0.15) is 11.5 Å². The van der Waals surface area contributed by atoms with Gasteiger partial charge in [-0.25, -0.2) is 0 Å². The van der Waals surface area contributed by atoms with Crippen molar-refractivity contribution < 1.29 is 19.1 Å². The SMILES string of the molecule is COc1cc(NC(=O)c2cc(Cl)cc(Cl)c2)c(OC)cc1NC(=O)c1ccccc1. The van der Waals surface area contributed by atoms with Gasteiger partial charge in [0.15, 0.2) is 0 Å².